The first-order valence-corrected chi connectivity index (χ1v) is 4.19. The molecule has 0 radical (unpaired) electrons. The van der Waals surface area contributed by atoms with E-state index in [9.17, 15) is 9.59 Å². The van der Waals surface area contributed by atoms with Gasteiger partial charge < -0.3 is 9.64 Å². The highest BCUT2D eigenvalue weighted by atomic mass is 16.5. The van der Waals surface area contributed by atoms with E-state index in [1.54, 1.807) is 13.8 Å². The summed E-state index contributed by atoms with van der Waals surface area (Å²) in [6.07, 6.45) is 1.07. The molecule has 1 rings (SSSR count). The van der Waals surface area contributed by atoms with Gasteiger partial charge in [-0.1, -0.05) is 6.58 Å². The van der Waals surface area contributed by atoms with Crippen molar-refractivity contribution in [3.05, 3.63) is 12.7 Å². The van der Waals surface area contributed by atoms with Crippen LogP contribution in [0.25, 0.3) is 0 Å². The highest BCUT2D eigenvalue weighted by Gasteiger charge is 2.44. The zero-order valence-electron chi connectivity index (χ0n) is 7.82. The van der Waals surface area contributed by atoms with Crippen molar-refractivity contribution in [2.24, 2.45) is 0 Å². The van der Waals surface area contributed by atoms with Gasteiger partial charge in [-0.05, 0) is 19.9 Å². The summed E-state index contributed by atoms with van der Waals surface area (Å²) < 4.78 is 4.93. The molecule has 1 fully saturated rings. The molecule has 1 heterocycles. The Morgan fingerprint density at radius 3 is 2.69 bits per heavy atom. The van der Waals surface area contributed by atoms with Crippen LogP contribution in [-0.2, 0) is 14.3 Å². The minimum absolute atomic E-state index is 0.131. The molecule has 1 aliphatic rings. The fourth-order valence-corrected chi connectivity index (χ4v) is 1.01. The van der Waals surface area contributed by atoms with Gasteiger partial charge in [0, 0.05) is 0 Å². The lowest BCUT2D eigenvalue weighted by molar-refractivity contribution is -0.148. The van der Waals surface area contributed by atoms with Crippen LogP contribution in [-0.4, -0.2) is 35.5 Å². The minimum Gasteiger partial charge on any atom is -0.461 e. The Morgan fingerprint density at radius 2 is 2.23 bits per heavy atom. The molecule has 72 valence electrons. The lowest BCUT2D eigenvalue weighted by Gasteiger charge is -2.06. The molecule has 1 amide bonds. The summed E-state index contributed by atoms with van der Waals surface area (Å²) in [6, 6.07) is -0.382. The molecule has 1 atom stereocenters. The molecule has 0 N–H and O–H groups in total. The number of esters is 1. The number of carbonyl (C=O) groups excluding carboxylic acids is 2. The monoisotopic (exact) mass is 183 g/mol. The van der Waals surface area contributed by atoms with E-state index in [-0.39, 0.29) is 24.0 Å². The van der Waals surface area contributed by atoms with Crippen LogP contribution in [0.2, 0.25) is 0 Å². The Labute approximate surface area is 77.2 Å². The first-order valence-electron chi connectivity index (χ1n) is 4.19. The maximum atomic E-state index is 11.2. The van der Waals surface area contributed by atoms with Crippen molar-refractivity contribution in [1.82, 2.24) is 4.90 Å². The quantitative estimate of drug-likeness (QED) is 0.360. The average molecular weight is 183 g/mol. The second-order valence-electron chi connectivity index (χ2n) is 3.20. The molecule has 0 aromatic carbocycles. The third-order valence-corrected chi connectivity index (χ3v) is 1.69. The van der Waals surface area contributed by atoms with E-state index in [0.29, 0.717) is 6.54 Å². The smallest absolute Gasteiger partial charge is 0.330 e. The summed E-state index contributed by atoms with van der Waals surface area (Å²) in [6.45, 7) is 7.34. The van der Waals surface area contributed by atoms with Crippen LogP contribution in [0.3, 0.4) is 0 Å². The van der Waals surface area contributed by atoms with Crippen molar-refractivity contribution >= 4 is 11.9 Å². The molecular formula is C9H13NO3. The fourth-order valence-electron chi connectivity index (χ4n) is 1.01. The Balaban J connectivity index is 2.38. The highest BCUT2D eigenvalue weighted by Crippen LogP contribution is 2.19. The average Bonchev–Trinajstić information content (AvgIpc) is 2.80. The lowest BCUT2D eigenvalue weighted by Crippen LogP contribution is -2.22. The minimum atomic E-state index is -0.382. The largest absolute Gasteiger partial charge is 0.461 e. The molecular weight excluding hydrogens is 170 g/mol. The number of hydrogen-bond donors (Lipinski definition) is 0. The number of ether oxygens (including phenoxy) is 1. The number of rotatable bonds is 3. The fraction of sp³-hybridized carbons (Fsp3) is 0.556. The third-order valence-electron chi connectivity index (χ3n) is 1.69. The van der Waals surface area contributed by atoms with Crippen LogP contribution in [0.15, 0.2) is 12.7 Å². The Kier molecular flexibility index (Phi) is 2.70. The summed E-state index contributed by atoms with van der Waals surface area (Å²) in [5.74, 6) is -0.545. The lowest BCUT2D eigenvalue weighted by atomic mass is 10.4. The van der Waals surface area contributed by atoms with Crippen LogP contribution in [0, 0.1) is 0 Å². The van der Waals surface area contributed by atoms with Crippen molar-refractivity contribution in [3.8, 4) is 0 Å². The first kappa shape index (κ1) is 9.77. The standard InChI is InChI=1S/C9H13NO3/c1-4-8(11)10-5-7(10)9(12)13-6(2)3/h4,6-7H,1,5H2,2-3H3. The number of amides is 1. The second-order valence-corrected chi connectivity index (χ2v) is 3.20. The van der Waals surface area contributed by atoms with Gasteiger partial charge in [-0.25, -0.2) is 4.79 Å². The van der Waals surface area contributed by atoms with E-state index in [4.69, 9.17) is 4.74 Å². The van der Waals surface area contributed by atoms with Gasteiger partial charge in [0.15, 0.2) is 0 Å². The summed E-state index contributed by atoms with van der Waals surface area (Å²) in [5.41, 5.74) is 0. The molecule has 0 aromatic heterocycles. The Morgan fingerprint density at radius 1 is 1.62 bits per heavy atom. The van der Waals surface area contributed by atoms with Crippen LogP contribution in [0.1, 0.15) is 13.8 Å². The second kappa shape index (κ2) is 3.60. The predicted octanol–water partition coefficient (Wildman–Crippen LogP) is 0.335. The van der Waals surface area contributed by atoms with Gasteiger partial charge in [0.2, 0.25) is 5.91 Å². The maximum Gasteiger partial charge on any atom is 0.330 e. The summed E-state index contributed by atoms with van der Waals surface area (Å²) in [4.78, 5) is 23.6. The SMILES string of the molecule is C=CC(=O)N1CC1C(=O)OC(C)C. The van der Waals surface area contributed by atoms with E-state index in [1.165, 1.54) is 11.0 Å². The van der Waals surface area contributed by atoms with E-state index < -0.39 is 0 Å². The summed E-state index contributed by atoms with van der Waals surface area (Å²) in [7, 11) is 0. The Bertz CT molecular complexity index is 247. The molecule has 1 saturated heterocycles. The van der Waals surface area contributed by atoms with Crippen molar-refractivity contribution in [2.75, 3.05) is 6.54 Å². The molecule has 0 spiro atoms. The third kappa shape index (κ3) is 2.31. The Hall–Kier alpha value is -1.32. The van der Waals surface area contributed by atoms with Crippen molar-refractivity contribution in [2.45, 2.75) is 26.0 Å². The van der Waals surface area contributed by atoms with Gasteiger partial charge in [-0.15, -0.1) is 0 Å². The number of nitrogens with zero attached hydrogens (tertiary/aromatic N) is 1. The molecule has 1 aliphatic heterocycles. The van der Waals surface area contributed by atoms with E-state index in [0.717, 1.165) is 0 Å². The molecule has 4 nitrogen and oxygen atoms in total. The van der Waals surface area contributed by atoms with Crippen LogP contribution < -0.4 is 0 Å². The van der Waals surface area contributed by atoms with Gasteiger partial charge >= 0.3 is 5.97 Å². The molecule has 0 aromatic rings. The van der Waals surface area contributed by atoms with E-state index in [2.05, 4.69) is 6.58 Å². The van der Waals surface area contributed by atoms with Gasteiger partial charge in [-0.3, -0.25) is 4.79 Å². The normalized spacial score (nSPS) is 19.9. The molecule has 4 heteroatoms. The zero-order valence-corrected chi connectivity index (χ0v) is 7.82. The first-order chi connectivity index (χ1) is 6.06. The van der Waals surface area contributed by atoms with Crippen LogP contribution >= 0.6 is 0 Å². The van der Waals surface area contributed by atoms with Gasteiger partial charge in [-0.2, -0.15) is 0 Å². The van der Waals surface area contributed by atoms with Crippen LogP contribution in [0.5, 0.6) is 0 Å². The van der Waals surface area contributed by atoms with Crippen molar-refractivity contribution < 1.29 is 14.3 Å². The van der Waals surface area contributed by atoms with Crippen LogP contribution in [0.4, 0.5) is 0 Å². The van der Waals surface area contributed by atoms with E-state index in [1.807, 2.05) is 0 Å². The van der Waals surface area contributed by atoms with E-state index >= 15 is 0 Å². The molecule has 0 aliphatic carbocycles. The molecule has 0 saturated carbocycles. The molecule has 1 unspecified atom stereocenters. The topological polar surface area (TPSA) is 46.4 Å². The highest BCUT2D eigenvalue weighted by molar-refractivity contribution is 5.95. The number of hydrogen-bond acceptors (Lipinski definition) is 3. The van der Waals surface area contributed by atoms with Gasteiger partial charge in [0.05, 0.1) is 12.6 Å². The van der Waals surface area contributed by atoms with Gasteiger partial charge in [0.1, 0.15) is 6.04 Å². The van der Waals surface area contributed by atoms with Crippen molar-refractivity contribution in [1.29, 1.82) is 0 Å². The summed E-state index contributed by atoms with van der Waals surface area (Å²) >= 11 is 0. The maximum absolute atomic E-state index is 11.2. The molecule has 13 heavy (non-hydrogen) atoms. The predicted molar refractivity (Wildman–Crippen MR) is 46.9 cm³/mol. The van der Waals surface area contributed by atoms with Crippen molar-refractivity contribution in [3.63, 3.8) is 0 Å². The summed E-state index contributed by atoms with van der Waals surface area (Å²) in [5, 5.41) is 0. The number of carbonyl (C=O) groups is 2. The zero-order chi connectivity index (χ0) is 10.0. The molecule has 0 bridgehead atoms. The van der Waals surface area contributed by atoms with Gasteiger partial charge in [0.25, 0.3) is 0 Å².